The van der Waals surface area contributed by atoms with Crippen LogP contribution in [0.25, 0.3) is 0 Å². The molecule has 0 fully saturated rings. The largest absolute Gasteiger partial charge is 0.508 e. The number of hydrogen-bond donors (Lipinski definition) is 9. The molecule has 4 atom stereocenters. The van der Waals surface area contributed by atoms with E-state index in [1.807, 2.05) is 0 Å². The number of alkyl carbamates (subject to hydrolysis) is 1. The minimum absolute atomic E-state index is 0.0130. The van der Waals surface area contributed by atoms with Crippen LogP contribution >= 0.6 is 0 Å². The van der Waals surface area contributed by atoms with E-state index in [4.69, 9.17) is 16.2 Å². The molecule has 0 aromatic heterocycles. The molecule has 0 unspecified atom stereocenters. The van der Waals surface area contributed by atoms with Crippen molar-refractivity contribution in [1.82, 2.24) is 32.0 Å². The Labute approximate surface area is 368 Å². The molecule has 6 amide bonds. The lowest BCUT2D eigenvalue weighted by Gasteiger charge is -2.25. The van der Waals surface area contributed by atoms with Crippen molar-refractivity contribution in [2.45, 2.75) is 69.3 Å². The number of ether oxygens (including phenoxy) is 1. The second-order valence-corrected chi connectivity index (χ2v) is 14.5. The van der Waals surface area contributed by atoms with Crippen LogP contribution in [0.5, 0.6) is 5.75 Å². The summed E-state index contributed by atoms with van der Waals surface area (Å²) in [6.45, 7) is -0.309. The summed E-state index contributed by atoms with van der Waals surface area (Å²) in [5.41, 5.74) is 15.5. The van der Waals surface area contributed by atoms with E-state index in [1.54, 1.807) is 109 Å². The number of aliphatic imine (C=N–C) groups is 1. The van der Waals surface area contributed by atoms with Gasteiger partial charge in [0.2, 0.25) is 29.5 Å². The molecule has 0 saturated carbocycles. The third-order valence-corrected chi connectivity index (χ3v) is 9.50. The van der Waals surface area contributed by atoms with Crippen LogP contribution in [0.2, 0.25) is 0 Å². The number of carbonyl (C=O) groups excluding carboxylic acids is 6. The summed E-state index contributed by atoms with van der Waals surface area (Å²) in [4.78, 5) is 94.3. The molecule has 0 aliphatic rings. The van der Waals surface area contributed by atoms with Gasteiger partial charge >= 0.3 is 6.09 Å². The lowest BCUT2D eigenvalue weighted by atomic mass is 10.0. The number of amides is 6. The molecule has 4 rings (SSSR count). The van der Waals surface area contributed by atoms with Gasteiger partial charge in [-0.3, -0.25) is 24.0 Å². The van der Waals surface area contributed by atoms with E-state index in [-0.39, 0.29) is 64.0 Å². The van der Waals surface area contributed by atoms with Gasteiger partial charge < -0.3 is 47.9 Å². The molecule has 0 aliphatic heterocycles. The fourth-order valence-electron chi connectivity index (χ4n) is 6.24. The van der Waals surface area contributed by atoms with Crippen LogP contribution in [0, 0.1) is 10.1 Å². The fraction of sp³-hybridized carbons (Fsp3) is 0.295. The highest BCUT2D eigenvalue weighted by molar-refractivity contribution is 5.94. The minimum Gasteiger partial charge on any atom is -0.508 e. The van der Waals surface area contributed by atoms with E-state index in [2.05, 4.69) is 31.6 Å². The second-order valence-electron chi connectivity index (χ2n) is 14.5. The molecule has 338 valence electrons. The van der Waals surface area contributed by atoms with E-state index in [1.165, 1.54) is 12.1 Å². The predicted octanol–water partition coefficient (Wildman–Crippen LogP) is 1.04. The first-order valence-corrected chi connectivity index (χ1v) is 20.3. The van der Waals surface area contributed by atoms with Crippen LogP contribution in [-0.4, -0.2) is 89.0 Å². The first-order valence-electron chi connectivity index (χ1n) is 20.3. The maximum atomic E-state index is 14.1. The number of hydrazine groups is 1. The number of aromatic hydroxyl groups is 1. The number of nitrogens with zero attached hydrogens (tertiary/aromatic N) is 2. The van der Waals surface area contributed by atoms with E-state index in [0.29, 0.717) is 22.3 Å². The van der Waals surface area contributed by atoms with Gasteiger partial charge in [-0.2, -0.15) is 0 Å². The van der Waals surface area contributed by atoms with Gasteiger partial charge in [0.05, 0.1) is 0 Å². The number of nitrogens with one attached hydrogen (secondary N) is 6. The van der Waals surface area contributed by atoms with E-state index < -0.39 is 70.8 Å². The zero-order valence-electron chi connectivity index (χ0n) is 34.8. The van der Waals surface area contributed by atoms with Crippen molar-refractivity contribution >= 4 is 41.6 Å². The monoisotopic (exact) mass is 880 g/mol. The molecule has 0 bridgehead atoms. The van der Waals surface area contributed by atoms with Gasteiger partial charge in [-0.25, -0.2) is 19.9 Å². The average molecular weight is 881 g/mol. The molecule has 20 heteroatoms. The van der Waals surface area contributed by atoms with Crippen LogP contribution in [0.4, 0.5) is 4.79 Å². The number of nitro groups is 1. The smallest absolute Gasteiger partial charge is 0.408 e. The molecule has 0 saturated heterocycles. The molecule has 0 spiro atoms. The standard InChI is InChI=1S/C44H52N10O10/c45-39(57)35(25-31-18-20-33(55)21-19-31)50-42(60)37(27-30-13-6-2-7-14-30)51-41(59)36(26-29-11-4-1-5-12-29)49-38(56)22-24-47-40(58)34(17-10-23-48-43(46)53-54(62)63)52-44(61)64-28-32-15-8-3-9-16-32/h1-9,11-16,18-21,34-37,55H,10,17,22-28H2,(H2,45,57)(H,47,58)(H,49,56)(H,50,60)(H,51,59)(H,52,61)(H3,46,48,53)/t34-,35-,36-,37-/m0/s1. The lowest BCUT2D eigenvalue weighted by Crippen LogP contribution is -2.57. The lowest BCUT2D eigenvalue weighted by molar-refractivity contribution is -0.525. The van der Waals surface area contributed by atoms with Gasteiger partial charge in [-0.05, 0) is 47.2 Å². The average Bonchev–Trinajstić information content (AvgIpc) is 3.27. The molecule has 0 radical (unpaired) electrons. The number of hydrogen-bond acceptors (Lipinski definition) is 11. The highest BCUT2D eigenvalue weighted by Crippen LogP contribution is 2.13. The number of carbonyl (C=O) groups is 6. The maximum Gasteiger partial charge on any atom is 0.408 e. The third-order valence-electron chi connectivity index (χ3n) is 9.50. The number of phenols is 1. The molecule has 0 heterocycles. The van der Waals surface area contributed by atoms with Crippen molar-refractivity contribution in [3.05, 3.63) is 148 Å². The van der Waals surface area contributed by atoms with Crippen molar-refractivity contribution in [3.63, 3.8) is 0 Å². The van der Waals surface area contributed by atoms with E-state index in [0.717, 1.165) is 0 Å². The Morgan fingerprint density at radius 3 is 1.69 bits per heavy atom. The van der Waals surface area contributed by atoms with Gasteiger partial charge in [0.15, 0.2) is 5.03 Å². The van der Waals surface area contributed by atoms with E-state index in [9.17, 15) is 44.0 Å². The zero-order valence-corrected chi connectivity index (χ0v) is 34.8. The minimum atomic E-state index is -1.22. The highest BCUT2D eigenvalue weighted by Gasteiger charge is 2.30. The Balaban J connectivity index is 1.43. The Bertz CT molecular complexity index is 2200. The molecule has 64 heavy (non-hydrogen) atoms. The topological polar surface area (TPSA) is 312 Å². The predicted molar refractivity (Wildman–Crippen MR) is 234 cm³/mol. The molecule has 4 aromatic carbocycles. The summed E-state index contributed by atoms with van der Waals surface area (Å²) >= 11 is 0. The molecule has 11 N–H and O–H groups in total. The number of nitrogens with two attached hydrogens (primary N) is 2. The number of guanidine groups is 1. The summed E-state index contributed by atoms with van der Waals surface area (Å²) in [5, 5.41) is 32.6. The summed E-state index contributed by atoms with van der Waals surface area (Å²) in [6.07, 6.45) is -0.952. The van der Waals surface area contributed by atoms with Crippen LogP contribution in [0.1, 0.15) is 41.5 Å². The third kappa shape index (κ3) is 17.9. The molecular weight excluding hydrogens is 829 g/mol. The van der Waals surface area contributed by atoms with Crippen molar-refractivity contribution < 1.29 is 43.6 Å². The number of phenolic OH excluding ortho intramolecular Hbond substituents is 1. The van der Waals surface area contributed by atoms with Crippen molar-refractivity contribution in [1.29, 1.82) is 0 Å². The SMILES string of the molecule is NC(=O)[C@H](Cc1ccc(O)cc1)NC(=O)[C@H](Cc1ccccc1)NC(=O)[C@H](Cc1ccccc1)NC(=O)CCNC(=O)[C@H](CCCN=C(N)N[N+](=O)[O-])NC(=O)OCc1ccccc1. The maximum absolute atomic E-state index is 14.1. The Kier molecular flexibility index (Phi) is 19.5. The molecule has 20 nitrogen and oxygen atoms in total. The molecule has 4 aromatic rings. The first kappa shape index (κ1) is 48.6. The summed E-state index contributed by atoms with van der Waals surface area (Å²) in [7, 11) is 0. The highest BCUT2D eigenvalue weighted by atomic mass is 16.7. The van der Waals surface area contributed by atoms with Crippen LogP contribution < -0.4 is 43.5 Å². The summed E-state index contributed by atoms with van der Waals surface area (Å²) < 4.78 is 5.27. The van der Waals surface area contributed by atoms with Crippen LogP contribution in [-0.2, 0) is 54.6 Å². The fourth-order valence-corrected chi connectivity index (χ4v) is 6.24. The Morgan fingerprint density at radius 2 is 1.14 bits per heavy atom. The second kappa shape index (κ2) is 25.7. The van der Waals surface area contributed by atoms with Crippen LogP contribution in [0.3, 0.4) is 0 Å². The zero-order chi connectivity index (χ0) is 46.3. The van der Waals surface area contributed by atoms with Gasteiger partial charge in [0, 0.05) is 38.8 Å². The van der Waals surface area contributed by atoms with Gasteiger partial charge in [-0.1, -0.05) is 109 Å². The van der Waals surface area contributed by atoms with E-state index >= 15 is 0 Å². The van der Waals surface area contributed by atoms with Gasteiger partial charge in [0.25, 0.3) is 5.96 Å². The van der Waals surface area contributed by atoms with Crippen molar-refractivity contribution in [3.8, 4) is 5.75 Å². The Hall–Kier alpha value is -8.03. The normalized spacial score (nSPS) is 12.8. The van der Waals surface area contributed by atoms with Crippen molar-refractivity contribution in [2.24, 2.45) is 16.5 Å². The Morgan fingerprint density at radius 1 is 0.641 bits per heavy atom. The molecule has 0 aliphatic carbocycles. The van der Waals surface area contributed by atoms with Gasteiger partial charge in [0.1, 0.15) is 36.5 Å². The number of primary amides is 1. The molecular formula is C44H52N10O10. The number of rotatable bonds is 24. The first-order chi connectivity index (χ1) is 30.7. The summed E-state index contributed by atoms with van der Waals surface area (Å²) in [6, 6.07) is 27.8. The van der Waals surface area contributed by atoms with Crippen LogP contribution in [0.15, 0.2) is 120 Å². The quantitative estimate of drug-likeness (QED) is 0.0157. The van der Waals surface area contributed by atoms with Crippen molar-refractivity contribution in [2.75, 3.05) is 13.1 Å². The van der Waals surface area contributed by atoms with Gasteiger partial charge in [-0.15, -0.1) is 0 Å². The number of benzene rings is 4. The summed E-state index contributed by atoms with van der Waals surface area (Å²) in [5.74, 6) is -3.95.